The van der Waals surface area contributed by atoms with E-state index in [1.54, 1.807) is 6.92 Å². The quantitative estimate of drug-likeness (QED) is 0.805. The zero-order valence-electron chi connectivity index (χ0n) is 13.4. The SMILES string of the molecule is CCOC(=O)c1c(CN)c(C(N)=O)nn1-c1ccc(C)c(C)c1. The van der Waals surface area contributed by atoms with Gasteiger partial charge in [0, 0.05) is 12.1 Å². The number of benzene rings is 1. The molecule has 4 N–H and O–H groups in total. The second kappa shape index (κ2) is 6.62. The van der Waals surface area contributed by atoms with E-state index >= 15 is 0 Å². The standard InChI is InChI=1S/C16H20N4O3/c1-4-23-16(22)14-12(8-17)13(15(18)21)19-20(14)11-6-5-9(2)10(3)7-11/h5-7H,4,8,17H2,1-3H3,(H2,18,21). The molecule has 0 aliphatic heterocycles. The molecule has 0 saturated carbocycles. The predicted molar refractivity (Wildman–Crippen MR) is 85.4 cm³/mol. The minimum absolute atomic E-state index is 0.0196. The molecule has 0 unspecified atom stereocenters. The van der Waals surface area contributed by atoms with Crippen molar-refractivity contribution in [1.29, 1.82) is 0 Å². The van der Waals surface area contributed by atoms with Crippen molar-refractivity contribution in [2.75, 3.05) is 6.61 Å². The molecule has 0 radical (unpaired) electrons. The van der Waals surface area contributed by atoms with Crippen LogP contribution >= 0.6 is 0 Å². The average Bonchev–Trinajstić information content (AvgIpc) is 2.90. The van der Waals surface area contributed by atoms with Crippen LogP contribution in [0.3, 0.4) is 0 Å². The third-order valence-electron chi connectivity index (χ3n) is 3.62. The molecule has 0 bridgehead atoms. The molecule has 0 fully saturated rings. The molecule has 2 aromatic rings. The molecule has 7 nitrogen and oxygen atoms in total. The van der Waals surface area contributed by atoms with Crippen LogP contribution in [-0.4, -0.2) is 28.3 Å². The molecule has 1 amide bonds. The molecule has 1 heterocycles. The molecular weight excluding hydrogens is 296 g/mol. The minimum Gasteiger partial charge on any atom is -0.461 e. The van der Waals surface area contributed by atoms with E-state index in [-0.39, 0.29) is 30.1 Å². The maximum atomic E-state index is 12.3. The highest BCUT2D eigenvalue weighted by Gasteiger charge is 2.27. The molecule has 2 rings (SSSR count). The van der Waals surface area contributed by atoms with Gasteiger partial charge in [-0.25, -0.2) is 9.48 Å². The fourth-order valence-corrected chi connectivity index (χ4v) is 2.29. The highest BCUT2D eigenvalue weighted by atomic mass is 16.5. The third kappa shape index (κ3) is 3.09. The Morgan fingerprint density at radius 1 is 1.26 bits per heavy atom. The number of hydrogen-bond donors (Lipinski definition) is 2. The number of primary amides is 1. The summed E-state index contributed by atoms with van der Waals surface area (Å²) in [5.41, 5.74) is 14.2. The molecule has 1 aromatic heterocycles. The van der Waals surface area contributed by atoms with E-state index in [1.807, 2.05) is 32.0 Å². The van der Waals surface area contributed by atoms with Crippen molar-refractivity contribution >= 4 is 11.9 Å². The summed E-state index contributed by atoms with van der Waals surface area (Å²) < 4.78 is 6.44. The van der Waals surface area contributed by atoms with Crippen molar-refractivity contribution in [3.8, 4) is 5.69 Å². The summed E-state index contributed by atoms with van der Waals surface area (Å²) in [6.07, 6.45) is 0. The lowest BCUT2D eigenvalue weighted by atomic mass is 10.1. The molecule has 0 aliphatic carbocycles. The summed E-state index contributed by atoms with van der Waals surface area (Å²) in [4.78, 5) is 23.9. The van der Waals surface area contributed by atoms with Crippen molar-refractivity contribution in [3.63, 3.8) is 0 Å². The Labute approximate surface area is 134 Å². The van der Waals surface area contributed by atoms with Gasteiger partial charge in [-0.1, -0.05) is 6.07 Å². The lowest BCUT2D eigenvalue weighted by Gasteiger charge is -2.10. The lowest BCUT2D eigenvalue weighted by Crippen LogP contribution is -2.17. The number of carbonyl (C=O) groups excluding carboxylic acids is 2. The van der Waals surface area contributed by atoms with E-state index in [2.05, 4.69) is 5.10 Å². The zero-order valence-corrected chi connectivity index (χ0v) is 13.4. The van der Waals surface area contributed by atoms with Crippen LogP contribution in [0.1, 0.15) is 44.6 Å². The number of aryl methyl sites for hydroxylation is 2. The zero-order chi connectivity index (χ0) is 17.1. The Bertz CT molecular complexity index is 765. The first-order chi connectivity index (χ1) is 10.9. The number of aromatic nitrogens is 2. The van der Waals surface area contributed by atoms with Crippen molar-refractivity contribution in [2.24, 2.45) is 11.5 Å². The van der Waals surface area contributed by atoms with E-state index in [1.165, 1.54) is 4.68 Å². The van der Waals surface area contributed by atoms with Gasteiger partial charge in [-0.3, -0.25) is 4.79 Å². The molecule has 1 aromatic carbocycles. The van der Waals surface area contributed by atoms with Crippen LogP contribution in [-0.2, 0) is 11.3 Å². The Hall–Kier alpha value is -2.67. The van der Waals surface area contributed by atoms with Gasteiger partial charge in [0.1, 0.15) is 0 Å². The van der Waals surface area contributed by atoms with Crippen LogP contribution in [0, 0.1) is 13.8 Å². The van der Waals surface area contributed by atoms with Gasteiger partial charge in [-0.05, 0) is 44.0 Å². The van der Waals surface area contributed by atoms with Crippen molar-refractivity contribution in [2.45, 2.75) is 27.3 Å². The van der Waals surface area contributed by atoms with Crippen LogP contribution in [0.4, 0.5) is 0 Å². The van der Waals surface area contributed by atoms with Crippen LogP contribution in [0.2, 0.25) is 0 Å². The molecular formula is C16H20N4O3. The fraction of sp³-hybridized carbons (Fsp3) is 0.312. The van der Waals surface area contributed by atoms with E-state index in [9.17, 15) is 9.59 Å². The van der Waals surface area contributed by atoms with Crippen molar-refractivity contribution in [3.05, 3.63) is 46.3 Å². The van der Waals surface area contributed by atoms with E-state index in [0.717, 1.165) is 11.1 Å². The normalized spacial score (nSPS) is 10.6. The number of hydrogen-bond acceptors (Lipinski definition) is 5. The maximum absolute atomic E-state index is 12.3. The summed E-state index contributed by atoms with van der Waals surface area (Å²) in [7, 11) is 0. The molecule has 0 saturated heterocycles. The molecule has 122 valence electrons. The van der Waals surface area contributed by atoms with Crippen LogP contribution < -0.4 is 11.5 Å². The predicted octanol–water partition coefficient (Wildman–Crippen LogP) is 1.22. The lowest BCUT2D eigenvalue weighted by molar-refractivity contribution is 0.0514. The number of esters is 1. The smallest absolute Gasteiger partial charge is 0.357 e. The van der Waals surface area contributed by atoms with E-state index in [0.29, 0.717) is 5.69 Å². The molecule has 23 heavy (non-hydrogen) atoms. The summed E-state index contributed by atoms with van der Waals surface area (Å²) >= 11 is 0. The largest absolute Gasteiger partial charge is 0.461 e. The third-order valence-corrected chi connectivity index (χ3v) is 3.62. The van der Waals surface area contributed by atoms with Gasteiger partial charge in [0.25, 0.3) is 5.91 Å². The maximum Gasteiger partial charge on any atom is 0.357 e. The average molecular weight is 316 g/mol. The van der Waals surface area contributed by atoms with E-state index < -0.39 is 11.9 Å². The topological polar surface area (TPSA) is 113 Å². The number of amides is 1. The number of nitrogens with zero attached hydrogens (tertiary/aromatic N) is 2. The second-order valence-corrected chi connectivity index (χ2v) is 5.14. The second-order valence-electron chi connectivity index (χ2n) is 5.14. The van der Waals surface area contributed by atoms with Gasteiger partial charge in [-0.15, -0.1) is 0 Å². The molecule has 7 heteroatoms. The van der Waals surface area contributed by atoms with Crippen molar-refractivity contribution in [1.82, 2.24) is 9.78 Å². The van der Waals surface area contributed by atoms with Crippen LogP contribution in [0.15, 0.2) is 18.2 Å². The van der Waals surface area contributed by atoms with Crippen LogP contribution in [0.5, 0.6) is 0 Å². The molecule has 0 aliphatic rings. The van der Waals surface area contributed by atoms with Crippen molar-refractivity contribution < 1.29 is 14.3 Å². The highest BCUT2D eigenvalue weighted by molar-refractivity contribution is 5.98. The van der Waals surface area contributed by atoms with Gasteiger partial charge in [0.15, 0.2) is 11.4 Å². The Morgan fingerprint density at radius 3 is 2.48 bits per heavy atom. The van der Waals surface area contributed by atoms with Gasteiger partial charge in [-0.2, -0.15) is 5.10 Å². The van der Waals surface area contributed by atoms with Gasteiger partial charge in [0.2, 0.25) is 0 Å². The first-order valence-electron chi connectivity index (χ1n) is 7.27. The molecule has 0 atom stereocenters. The minimum atomic E-state index is -0.737. The van der Waals surface area contributed by atoms with Gasteiger partial charge < -0.3 is 16.2 Å². The molecule has 0 spiro atoms. The summed E-state index contributed by atoms with van der Waals surface area (Å²) in [6, 6.07) is 5.59. The number of nitrogens with two attached hydrogens (primary N) is 2. The number of carbonyl (C=O) groups is 2. The van der Waals surface area contributed by atoms with E-state index in [4.69, 9.17) is 16.2 Å². The Kier molecular flexibility index (Phi) is 4.80. The van der Waals surface area contributed by atoms with Gasteiger partial charge >= 0.3 is 5.97 Å². The first kappa shape index (κ1) is 16.7. The fourth-order valence-electron chi connectivity index (χ4n) is 2.29. The highest BCUT2D eigenvalue weighted by Crippen LogP contribution is 2.21. The first-order valence-corrected chi connectivity index (χ1v) is 7.27. The Balaban J connectivity index is 2.72. The van der Waals surface area contributed by atoms with Gasteiger partial charge in [0.05, 0.1) is 12.3 Å². The number of ether oxygens (including phenoxy) is 1. The Morgan fingerprint density at radius 2 is 1.96 bits per heavy atom. The van der Waals surface area contributed by atoms with Crippen LogP contribution in [0.25, 0.3) is 5.69 Å². The summed E-state index contributed by atoms with van der Waals surface area (Å²) in [5.74, 6) is -1.33. The monoisotopic (exact) mass is 316 g/mol. The summed E-state index contributed by atoms with van der Waals surface area (Å²) in [6.45, 7) is 5.79. The number of rotatable bonds is 5. The summed E-state index contributed by atoms with van der Waals surface area (Å²) in [5, 5.41) is 4.19.